The molecule has 0 bridgehead atoms. The van der Waals surface area contributed by atoms with E-state index in [1.807, 2.05) is 72.8 Å². The maximum absolute atomic E-state index is 13.8. The second-order valence-corrected chi connectivity index (χ2v) is 9.63. The summed E-state index contributed by atoms with van der Waals surface area (Å²) in [6, 6.07) is 25.7. The molecule has 0 heterocycles. The smallest absolute Gasteiger partial charge is 0.334 e. The van der Waals surface area contributed by atoms with Gasteiger partial charge in [-0.3, -0.25) is 0 Å². The molecule has 0 aromatic heterocycles. The van der Waals surface area contributed by atoms with Crippen molar-refractivity contribution in [2.24, 2.45) is 5.92 Å². The highest BCUT2D eigenvalue weighted by Crippen LogP contribution is 2.36. The Balaban J connectivity index is 1.45. The van der Waals surface area contributed by atoms with Crippen LogP contribution in [0.25, 0.3) is 5.57 Å². The molecule has 39 heavy (non-hydrogen) atoms. The molecule has 0 amide bonds. The van der Waals surface area contributed by atoms with Crippen LogP contribution in [0.2, 0.25) is 0 Å². The average molecular weight is 523 g/mol. The van der Waals surface area contributed by atoms with Gasteiger partial charge in [0, 0.05) is 23.5 Å². The molecule has 198 valence electrons. The van der Waals surface area contributed by atoms with Crippen molar-refractivity contribution in [3.8, 4) is 0 Å². The van der Waals surface area contributed by atoms with Gasteiger partial charge in [-0.05, 0) is 41.3 Å². The zero-order valence-corrected chi connectivity index (χ0v) is 21.7. The molecule has 0 spiro atoms. The first-order chi connectivity index (χ1) is 19.2. The molecular weight excluding hydrogens is 491 g/mol. The first-order valence-electron chi connectivity index (χ1n) is 13.2. The maximum Gasteiger partial charge on any atom is 0.334 e. The average Bonchev–Trinajstić information content (AvgIpc) is 2.99. The van der Waals surface area contributed by atoms with E-state index in [4.69, 9.17) is 14.2 Å². The van der Waals surface area contributed by atoms with E-state index in [0.717, 1.165) is 28.7 Å². The van der Waals surface area contributed by atoms with Gasteiger partial charge in [0.1, 0.15) is 24.8 Å². The fourth-order valence-electron chi connectivity index (χ4n) is 4.66. The van der Waals surface area contributed by atoms with E-state index in [1.54, 1.807) is 18.2 Å². The van der Waals surface area contributed by atoms with Gasteiger partial charge in [0.25, 0.3) is 0 Å². The molecule has 5 rings (SSSR count). The van der Waals surface area contributed by atoms with Crippen LogP contribution in [0.4, 0.5) is 4.39 Å². The highest BCUT2D eigenvalue weighted by atomic mass is 19.1. The summed E-state index contributed by atoms with van der Waals surface area (Å²) in [5.41, 5.74) is 3.96. The minimum Gasteiger partial charge on any atom is -0.488 e. The van der Waals surface area contributed by atoms with Gasteiger partial charge in [0.05, 0.1) is 12.7 Å². The van der Waals surface area contributed by atoms with Gasteiger partial charge in [-0.25, -0.2) is 9.18 Å². The van der Waals surface area contributed by atoms with Crippen molar-refractivity contribution in [1.82, 2.24) is 0 Å². The first kappa shape index (κ1) is 26.4. The fourth-order valence-corrected chi connectivity index (χ4v) is 4.66. The van der Waals surface area contributed by atoms with Crippen LogP contribution >= 0.6 is 0 Å². The van der Waals surface area contributed by atoms with Crippen molar-refractivity contribution in [1.29, 1.82) is 0 Å². The quantitative estimate of drug-likeness (QED) is 0.261. The van der Waals surface area contributed by atoms with Crippen LogP contribution in [0.15, 0.2) is 127 Å². The van der Waals surface area contributed by atoms with E-state index in [1.165, 1.54) is 12.1 Å². The van der Waals surface area contributed by atoms with Crippen LogP contribution in [0, 0.1) is 11.7 Å². The number of allylic oxidation sites excluding steroid dienone is 4. The van der Waals surface area contributed by atoms with Crippen LogP contribution in [-0.2, 0) is 32.2 Å². The lowest BCUT2D eigenvalue weighted by Gasteiger charge is -2.29. The first-order valence-corrected chi connectivity index (χ1v) is 13.2. The number of carbonyl (C=O) groups excluding carboxylic acids is 1. The van der Waals surface area contributed by atoms with E-state index >= 15 is 0 Å². The predicted molar refractivity (Wildman–Crippen MR) is 150 cm³/mol. The minimum atomic E-state index is -0.468. The Labute approximate surface area is 228 Å². The van der Waals surface area contributed by atoms with E-state index in [2.05, 4.69) is 12.2 Å². The Morgan fingerprint density at radius 2 is 1.54 bits per heavy atom. The highest BCUT2D eigenvalue weighted by Gasteiger charge is 2.31. The molecular formula is C34H31FO4. The Bertz CT molecular complexity index is 1370. The minimum absolute atomic E-state index is 0.177. The summed E-state index contributed by atoms with van der Waals surface area (Å²) in [4.78, 5) is 13.2. The summed E-state index contributed by atoms with van der Waals surface area (Å²) in [5.74, 6) is 0.0242. The number of hydrogen-bond donors (Lipinski definition) is 0. The van der Waals surface area contributed by atoms with Gasteiger partial charge in [0.2, 0.25) is 0 Å². The van der Waals surface area contributed by atoms with E-state index in [9.17, 15) is 9.18 Å². The van der Waals surface area contributed by atoms with Gasteiger partial charge in [0.15, 0.2) is 0 Å². The number of hydrogen-bond acceptors (Lipinski definition) is 4. The summed E-state index contributed by atoms with van der Waals surface area (Å²) in [7, 11) is 0. The van der Waals surface area contributed by atoms with Crippen LogP contribution in [0.3, 0.4) is 0 Å². The van der Waals surface area contributed by atoms with Gasteiger partial charge in [-0.2, -0.15) is 0 Å². The van der Waals surface area contributed by atoms with E-state index < -0.39 is 12.1 Å². The van der Waals surface area contributed by atoms with E-state index in [0.29, 0.717) is 31.0 Å². The number of benzene rings is 3. The third-order valence-electron chi connectivity index (χ3n) is 6.75. The van der Waals surface area contributed by atoms with Crippen molar-refractivity contribution in [3.63, 3.8) is 0 Å². The number of carbonyl (C=O) groups is 1. The van der Waals surface area contributed by atoms with Crippen molar-refractivity contribution >= 4 is 11.5 Å². The summed E-state index contributed by atoms with van der Waals surface area (Å²) >= 11 is 0. The standard InChI is InChI=1S/C34H31FO4/c35-30-18-16-28(17-19-30)33-31(37-22-25-10-4-1-5-11-25)20-29(34(36)39-24-27-14-8-3-9-15-27)21-32(33)38-23-26-12-6-2-7-13-26/h1-12,14-20,26,32H,13,21-24H2. The van der Waals surface area contributed by atoms with Crippen LogP contribution in [0.5, 0.6) is 0 Å². The van der Waals surface area contributed by atoms with Gasteiger partial charge >= 0.3 is 5.97 Å². The lowest BCUT2D eigenvalue weighted by Crippen LogP contribution is -2.26. The molecule has 0 fully saturated rings. The molecule has 2 atom stereocenters. The lowest BCUT2D eigenvalue weighted by molar-refractivity contribution is -0.140. The summed E-state index contributed by atoms with van der Waals surface area (Å²) in [6.07, 6.45) is 10.8. The van der Waals surface area contributed by atoms with Gasteiger partial charge < -0.3 is 14.2 Å². The summed E-state index contributed by atoms with van der Waals surface area (Å²) in [5, 5.41) is 0. The largest absolute Gasteiger partial charge is 0.488 e. The molecule has 3 aromatic carbocycles. The Hall–Kier alpha value is -4.22. The molecule has 2 unspecified atom stereocenters. The lowest BCUT2D eigenvalue weighted by atomic mass is 9.89. The molecule has 4 nitrogen and oxygen atoms in total. The molecule has 0 aliphatic heterocycles. The zero-order valence-electron chi connectivity index (χ0n) is 21.7. The maximum atomic E-state index is 13.8. The van der Waals surface area contributed by atoms with Crippen molar-refractivity contribution in [2.45, 2.75) is 32.2 Å². The molecule has 0 saturated carbocycles. The van der Waals surface area contributed by atoms with Gasteiger partial charge in [-0.15, -0.1) is 0 Å². The van der Waals surface area contributed by atoms with Crippen LogP contribution in [-0.4, -0.2) is 18.7 Å². The van der Waals surface area contributed by atoms with Crippen LogP contribution in [0.1, 0.15) is 29.5 Å². The number of rotatable bonds is 10. The molecule has 0 saturated heterocycles. The third-order valence-corrected chi connectivity index (χ3v) is 6.75. The monoisotopic (exact) mass is 522 g/mol. The SMILES string of the molecule is O=C(OCc1ccccc1)C1=CC(OCc2ccccc2)=C(c2ccc(F)cc2)C(OCC2C=CC=CC2)C1. The Morgan fingerprint density at radius 3 is 2.21 bits per heavy atom. The topological polar surface area (TPSA) is 44.8 Å². The molecule has 2 aliphatic carbocycles. The highest BCUT2D eigenvalue weighted by molar-refractivity contribution is 5.92. The Morgan fingerprint density at radius 1 is 0.846 bits per heavy atom. The van der Waals surface area contributed by atoms with Crippen LogP contribution < -0.4 is 0 Å². The molecule has 0 N–H and O–H groups in total. The number of ether oxygens (including phenoxy) is 3. The zero-order chi connectivity index (χ0) is 26.9. The van der Waals surface area contributed by atoms with Crippen molar-refractivity contribution < 1.29 is 23.4 Å². The second-order valence-electron chi connectivity index (χ2n) is 9.63. The Kier molecular flexibility index (Phi) is 8.82. The predicted octanol–water partition coefficient (Wildman–Crippen LogP) is 7.34. The van der Waals surface area contributed by atoms with Gasteiger partial charge in [-0.1, -0.05) is 97.1 Å². The number of halogens is 1. The summed E-state index contributed by atoms with van der Waals surface area (Å²) < 4.78 is 32.3. The summed E-state index contributed by atoms with van der Waals surface area (Å²) in [6.45, 7) is 0.970. The normalized spacial score (nSPS) is 18.5. The van der Waals surface area contributed by atoms with E-state index in [-0.39, 0.29) is 18.3 Å². The molecule has 2 aliphatic rings. The van der Waals surface area contributed by atoms with Crippen molar-refractivity contribution in [2.75, 3.05) is 6.61 Å². The molecule has 0 radical (unpaired) electrons. The third kappa shape index (κ3) is 7.21. The second kappa shape index (κ2) is 13.0. The fraction of sp³-hybridized carbons (Fsp3) is 0.206. The number of esters is 1. The van der Waals surface area contributed by atoms with Crippen molar-refractivity contribution in [3.05, 3.63) is 149 Å². The molecule has 3 aromatic rings. The molecule has 5 heteroatoms.